The smallest absolute Gasteiger partial charge is 0.225 e. The third-order valence-electron chi connectivity index (χ3n) is 3.49. The zero-order valence-corrected chi connectivity index (χ0v) is 13.2. The standard InChI is InChI=1S/C14H28N2O.ClH/c1-10(2)9-14(4,5)13(17)16-12-6-7-15-11(3)8-12;/h10-12,15H,6-9H2,1-5H3,(H,16,17);1H. The molecule has 1 saturated heterocycles. The molecule has 2 unspecified atom stereocenters. The second-order valence-corrected chi connectivity index (χ2v) is 6.53. The molecule has 1 rings (SSSR count). The van der Waals surface area contributed by atoms with Gasteiger partial charge in [0.05, 0.1) is 0 Å². The maximum Gasteiger partial charge on any atom is 0.225 e. The summed E-state index contributed by atoms with van der Waals surface area (Å²) in [7, 11) is 0. The molecule has 3 nitrogen and oxygen atoms in total. The summed E-state index contributed by atoms with van der Waals surface area (Å²) < 4.78 is 0. The molecule has 0 aromatic heterocycles. The fraction of sp³-hybridized carbons (Fsp3) is 0.929. The van der Waals surface area contributed by atoms with Gasteiger partial charge in [-0.1, -0.05) is 27.7 Å². The van der Waals surface area contributed by atoms with E-state index in [9.17, 15) is 4.79 Å². The van der Waals surface area contributed by atoms with E-state index >= 15 is 0 Å². The minimum Gasteiger partial charge on any atom is -0.353 e. The zero-order valence-electron chi connectivity index (χ0n) is 12.4. The summed E-state index contributed by atoms with van der Waals surface area (Å²) in [5.41, 5.74) is -0.248. The van der Waals surface area contributed by atoms with Crippen LogP contribution in [-0.2, 0) is 4.79 Å². The first-order chi connectivity index (χ1) is 7.81. The Balaban J connectivity index is 0.00000289. The van der Waals surface area contributed by atoms with Crippen molar-refractivity contribution >= 4 is 18.3 Å². The molecule has 2 N–H and O–H groups in total. The van der Waals surface area contributed by atoms with Crippen LogP contribution in [0.5, 0.6) is 0 Å². The topological polar surface area (TPSA) is 41.1 Å². The van der Waals surface area contributed by atoms with Gasteiger partial charge in [-0.05, 0) is 38.6 Å². The van der Waals surface area contributed by atoms with Crippen LogP contribution in [0.15, 0.2) is 0 Å². The molecule has 4 heteroatoms. The van der Waals surface area contributed by atoms with Crippen molar-refractivity contribution in [2.24, 2.45) is 11.3 Å². The number of carbonyl (C=O) groups is 1. The molecule has 0 spiro atoms. The molecule has 0 aliphatic carbocycles. The number of carbonyl (C=O) groups excluding carboxylic acids is 1. The number of hydrogen-bond donors (Lipinski definition) is 2. The van der Waals surface area contributed by atoms with Gasteiger partial charge in [0.2, 0.25) is 5.91 Å². The first-order valence-corrected chi connectivity index (χ1v) is 6.85. The third-order valence-corrected chi connectivity index (χ3v) is 3.49. The van der Waals surface area contributed by atoms with Crippen molar-refractivity contribution in [3.8, 4) is 0 Å². The van der Waals surface area contributed by atoms with E-state index in [1.807, 2.05) is 13.8 Å². The summed E-state index contributed by atoms with van der Waals surface area (Å²) in [5, 5.41) is 6.62. The van der Waals surface area contributed by atoms with Gasteiger partial charge in [0, 0.05) is 17.5 Å². The lowest BCUT2D eigenvalue weighted by Crippen LogP contribution is -2.50. The summed E-state index contributed by atoms with van der Waals surface area (Å²) in [4.78, 5) is 12.2. The molecule has 1 heterocycles. The van der Waals surface area contributed by atoms with Crippen LogP contribution in [0.3, 0.4) is 0 Å². The van der Waals surface area contributed by atoms with Crippen molar-refractivity contribution in [3.63, 3.8) is 0 Å². The van der Waals surface area contributed by atoms with Gasteiger partial charge in [0.1, 0.15) is 0 Å². The molecule has 1 aliphatic heterocycles. The highest BCUT2D eigenvalue weighted by atomic mass is 35.5. The lowest BCUT2D eigenvalue weighted by molar-refractivity contribution is -0.131. The van der Waals surface area contributed by atoms with E-state index < -0.39 is 0 Å². The maximum atomic E-state index is 12.2. The number of halogens is 1. The largest absolute Gasteiger partial charge is 0.353 e. The second kappa shape index (κ2) is 7.34. The molecule has 0 aromatic rings. The Kier molecular flexibility index (Phi) is 7.23. The number of piperidine rings is 1. The fourth-order valence-electron chi connectivity index (χ4n) is 2.76. The predicted molar refractivity (Wildman–Crippen MR) is 79.1 cm³/mol. The highest BCUT2D eigenvalue weighted by Gasteiger charge is 2.30. The van der Waals surface area contributed by atoms with E-state index in [-0.39, 0.29) is 23.7 Å². The molecule has 0 bridgehead atoms. The van der Waals surface area contributed by atoms with E-state index in [1.54, 1.807) is 0 Å². The first kappa shape index (κ1) is 17.7. The molecule has 0 aromatic carbocycles. The summed E-state index contributed by atoms with van der Waals surface area (Å²) in [6, 6.07) is 0.868. The summed E-state index contributed by atoms with van der Waals surface area (Å²) in [5.74, 6) is 0.771. The molecular formula is C14H29ClN2O. The van der Waals surface area contributed by atoms with Crippen LogP contribution < -0.4 is 10.6 Å². The number of nitrogens with one attached hydrogen (secondary N) is 2. The highest BCUT2D eigenvalue weighted by molar-refractivity contribution is 5.85. The van der Waals surface area contributed by atoms with Crippen molar-refractivity contribution in [3.05, 3.63) is 0 Å². The average Bonchev–Trinajstić information content (AvgIpc) is 2.15. The zero-order chi connectivity index (χ0) is 13.1. The van der Waals surface area contributed by atoms with Crippen LogP contribution in [0, 0.1) is 11.3 Å². The molecule has 2 atom stereocenters. The average molecular weight is 277 g/mol. The van der Waals surface area contributed by atoms with E-state index in [2.05, 4.69) is 31.4 Å². The summed E-state index contributed by atoms with van der Waals surface area (Å²) in [6.45, 7) is 11.6. The van der Waals surface area contributed by atoms with Gasteiger partial charge >= 0.3 is 0 Å². The van der Waals surface area contributed by atoms with Crippen LogP contribution in [-0.4, -0.2) is 24.5 Å². The Hall–Kier alpha value is -0.280. The Morgan fingerprint density at radius 3 is 2.56 bits per heavy atom. The number of hydrogen-bond acceptors (Lipinski definition) is 2. The highest BCUT2D eigenvalue weighted by Crippen LogP contribution is 2.26. The molecule has 1 aliphatic rings. The molecule has 1 amide bonds. The lowest BCUT2D eigenvalue weighted by atomic mass is 9.82. The van der Waals surface area contributed by atoms with Gasteiger partial charge in [-0.15, -0.1) is 12.4 Å². The summed E-state index contributed by atoms with van der Waals surface area (Å²) in [6.07, 6.45) is 3.04. The van der Waals surface area contributed by atoms with E-state index in [1.165, 1.54) is 0 Å². The molecule has 108 valence electrons. The normalized spacial score (nSPS) is 24.6. The first-order valence-electron chi connectivity index (χ1n) is 6.85. The molecule has 18 heavy (non-hydrogen) atoms. The van der Waals surface area contributed by atoms with Gasteiger partial charge in [0.25, 0.3) is 0 Å². The monoisotopic (exact) mass is 276 g/mol. The van der Waals surface area contributed by atoms with Gasteiger partial charge in [0.15, 0.2) is 0 Å². The quantitative estimate of drug-likeness (QED) is 0.829. The van der Waals surface area contributed by atoms with E-state index in [4.69, 9.17) is 0 Å². The van der Waals surface area contributed by atoms with Crippen molar-refractivity contribution in [1.82, 2.24) is 10.6 Å². The van der Waals surface area contributed by atoms with Gasteiger partial charge < -0.3 is 10.6 Å². The number of rotatable bonds is 4. The van der Waals surface area contributed by atoms with Crippen LogP contribution >= 0.6 is 12.4 Å². The number of amides is 1. The second-order valence-electron chi connectivity index (χ2n) is 6.53. The minimum absolute atomic E-state index is 0. The Bertz CT molecular complexity index is 267. The van der Waals surface area contributed by atoms with Crippen molar-refractivity contribution in [1.29, 1.82) is 0 Å². The predicted octanol–water partition coefficient (Wildman–Crippen LogP) is 2.74. The van der Waals surface area contributed by atoms with Crippen molar-refractivity contribution < 1.29 is 4.79 Å². The van der Waals surface area contributed by atoms with Gasteiger partial charge in [-0.2, -0.15) is 0 Å². The van der Waals surface area contributed by atoms with Crippen molar-refractivity contribution in [2.75, 3.05) is 6.54 Å². The van der Waals surface area contributed by atoms with Crippen LogP contribution in [0.25, 0.3) is 0 Å². The van der Waals surface area contributed by atoms with Gasteiger partial charge in [-0.25, -0.2) is 0 Å². The molecule has 0 radical (unpaired) electrons. The fourth-order valence-corrected chi connectivity index (χ4v) is 2.76. The summed E-state index contributed by atoms with van der Waals surface area (Å²) >= 11 is 0. The molecular weight excluding hydrogens is 248 g/mol. The van der Waals surface area contributed by atoms with Crippen LogP contribution in [0.4, 0.5) is 0 Å². The van der Waals surface area contributed by atoms with E-state index in [0.29, 0.717) is 18.0 Å². The molecule has 1 fully saturated rings. The Morgan fingerprint density at radius 2 is 2.06 bits per heavy atom. The van der Waals surface area contributed by atoms with E-state index in [0.717, 1.165) is 25.8 Å². The third kappa shape index (κ3) is 5.57. The Labute approximate surface area is 118 Å². The minimum atomic E-state index is -0.248. The lowest BCUT2D eigenvalue weighted by Gasteiger charge is -2.32. The Morgan fingerprint density at radius 1 is 1.44 bits per heavy atom. The maximum absolute atomic E-state index is 12.2. The van der Waals surface area contributed by atoms with Crippen LogP contribution in [0.1, 0.15) is 53.9 Å². The SMILES string of the molecule is CC(C)CC(C)(C)C(=O)NC1CCNC(C)C1.Cl. The van der Waals surface area contributed by atoms with Crippen molar-refractivity contribution in [2.45, 2.75) is 66.0 Å². The van der Waals surface area contributed by atoms with Crippen LogP contribution in [0.2, 0.25) is 0 Å². The molecule has 0 saturated carbocycles. The van der Waals surface area contributed by atoms with Gasteiger partial charge in [-0.3, -0.25) is 4.79 Å².